The molecule has 24 heavy (non-hydrogen) atoms. The number of esters is 1. The lowest BCUT2D eigenvalue weighted by Crippen LogP contribution is -2.06. The number of nitrogens with zero attached hydrogens (tertiary/aromatic N) is 3. The summed E-state index contributed by atoms with van der Waals surface area (Å²) in [6.07, 6.45) is 1.48. The van der Waals surface area contributed by atoms with Crippen LogP contribution in [0, 0.1) is 6.92 Å². The Morgan fingerprint density at radius 1 is 1.29 bits per heavy atom. The number of aryl methyl sites for hydroxylation is 1. The Morgan fingerprint density at radius 2 is 2.12 bits per heavy atom. The summed E-state index contributed by atoms with van der Waals surface area (Å²) in [7, 11) is 0. The average Bonchev–Trinajstić information content (AvgIpc) is 3.21. The summed E-state index contributed by atoms with van der Waals surface area (Å²) in [4.78, 5) is 16.7. The number of aromatic nitrogens is 3. The Bertz CT molecular complexity index is 948. The van der Waals surface area contributed by atoms with Crippen LogP contribution >= 0.6 is 0 Å². The molecule has 0 bridgehead atoms. The van der Waals surface area contributed by atoms with Gasteiger partial charge < -0.3 is 14.2 Å². The van der Waals surface area contributed by atoms with E-state index in [1.165, 1.54) is 6.20 Å². The van der Waals surface area contributed by atoms with Gasteiger partial charge in [-0.05, 0) is 38.1 Å². The molecular formula is C17H15N3O4. The van der Waals surface area contributed by atoms with E-state index in [9.17, 15) is 4.79 Å². The molecule has 4 rings (SSSR count). The summed E-state index contributed by atoms with van der Waals surface area (Å²) in [6.45, 7) is 4.20. The molecule has 0 fully saturated rings. The maximum Gasteiger partial charge on any atom is 0.343 e. The molecule has 2 aromatic heterocycles. The average molecular weight is 325 g/mol. The van der Waals surface area contributed by atoms with E-state index in [0.717, 1.165) is 17.0 Å². The molecule has 0 N–H and O–H groups in total. The molecule has 0 amide bonds. The lowest BCUT2D eigenvalue weighted by Gasteiger charge is -2.07. The molecule has 0 saturated heterocycles. The third-order valence-electron chi connectivity index (χ3n) is 3.81. The monoisotopic (exact) mass is 325 g/mol. The summed E-state index contributed by atoms with van der Waals surface area (Å²) in [5.41, 5.74) is 3.29. The van der Waals surface area contributed by atoms with E-state index in [1.54, 1.807) is 11.4 Å². The van der Waals surface area contributed by atoms with Crippen molar-refractivity contribution in [2.75, 3.05) is 13.4 Å². The van der Waals surface area contributed by atoms with Crippen molar-refractivity contribution in [1.29, 1.82) is 0 Å². The van der Waals surface area contributed by atoms with E-state index in [2.05, 4.69) is 10.1 Å². The molecule has 0 saturated carbocycles. The zero-order chi connectivity index (χ0) is 16.7. The van der Waals surface area contributed by atoms with Crippen molar-refractivity contribution in [2.45, 2.75) is 13.8 Å². The van der Waals surface area contributed by atoms with Crippen LogP contribution in [0.15, 0.2) is 30.5 Å². The van der Waals surface area contributed by atoms with Gasteiger partial charge >= 0.3 is 5.97 Å². The lowest BCUT2D eigenvalue weighted by molar-refractivity contribution is 0.0528. The zero-order valence-corrected chi connectivity index (χ0v) is 13.3. The Hall–Kier alpha value is -3.09. The molecule has 0 radical (unpaired) electrons. The highest BCUT2D eigenvalue weighted by atomic mass is 16.7. The standard InChI is InChI=1S/C17H15N3O4/c1-3-22-17(21)12-8-18-20-10(2)6-13(19-16(12)20)11-4-5-14-15(7-11)24-9-23-14/h4-8H,3,9H2,1-2H3. The number of rotatable bonds is 3. The van der Waals surface area contributed by atoms with Crippen LogP contribution in [-0.2, 0) is 4.74 Å². The predicted molar refractivity (Wildman–Crippen MR) is 85.2 cm³/mol. The van der Waals surface area contributed by atoms with E-state index in [-0.39, 0.29) is 6.79 Å². The number of carbonyl (C=O) groups excluding carboxylic acids is 1. The second kappa shape index (κ2) is 5.52. The van der Waals surface area contributed by atoms with Crippen molar-refractivity contribution in [3.8, 4) is 22.8 Å². The third kappa shape index (κ3) is 2.25. The molecule has 7 heteroatoms. The highest BCUT2D eigenvalue weighted by Gasteiger charge is 2.19. The van der Waals surface area contributed by atoms with E-state index in [0.29, 0.717) is 29.3 Å². The van der Waals surface area contributed by atoms with Gasteiger partial charge in [-0.1, -0.05) is 0 Å². The van der Waals surface area contributed by atoms with Gasteiger partial charge in [-0.3, -0.25) is 0 Å². The summed E-state index contributed by atoms with van der Waals surface area (Å²) in [5, 5.41) is 4.22. The fourth-order valence-corrected chi connectivity index (χ4v) is 2.67. The van der Waals surface area contributed by atoms with Gasteiger partial charge in [0.2, 0.25) is 6.79 Å². The summed E-state index contributed by atoms with van der Waals surface area (Å²) in [5.74, 6) is 0.973. The molecule has 0 unspecified atom stereocenters. The smallest absolute Gasteiger partial charge is 0.343 e. The van der Waals surface area contributed by atoms with Crippen molar-refractivity contribution in [1.82, 2.24) is 14.6 Å². The number of hydrogen-bond acceptors (Lipinski definition) is 6. The van der Waals surface area contributed by atoms with E-state index in [4.69, 9.17) is 14.2 Å². The number of ether oxygens (including phenoxy) is 3. The fourth-order valence-electron chi connectivity index (χ4n) is 2.67. The second-order valence-electron chi connectivity index (χ2n) is 5.36. The SMILES string of the molecule is CCOC(=O)c1cnn2c(C)cc(-c3ccc4c(c3)OCO4)nc12. The molecule has 7 nitrogen and oxygen atoms in total. The van der Waals surface area contributed by atoms with Crippen molar-refractivity contribution >= 4 is 11.6 Å². The minimum atomic E-state index is -0.428. The number of fused-ring (bicyclic) bond motifs is 2. The van der Waals surface area contributed by atoms with Crippen LogP contribution in [0.4, 0.5) is 0 Å². The van der Waals surface area contributed by atoms with E-state index >= 15 is 0 Å². The molecular weight excluding hydrogens is 310 g/mol. The van der Waals surface area contributed by atoms with Crippen LogP contribution in [-0.4, -0.2) is 34.0 Å². The first-order valence-corrected chi connectivity index (χ1v) is 7.60. The van der Waals surface area contributed by atoms with Gasteiger partial charge in [0.15, 0.2) is 17.1 Å². The van der Waals surface area contributed by atoms with Gasteiger partial charge in [-0.15, -0.1) is 0 Å². The maximum absolute atomic E-state index is 12.1. The quantitative estimate of drug-likeness (QED) is 0.689. The molecule has 3 aromatic rings. The van der Waals surface area contributed by atoms with Gasteiger partial charge in [-0.25, -0.2) is 14.3 Å². The summed E-state index contributed by atoms with van der Waals surface area (Å²) >= 11 is 0. The van der Waals surface area contributed by atoms with Crippen molar-refractivity contribution in [2.24, 2.45) is 0 Å². The van der Waals surface area contributed by atoms with Gasteiger partial charge in [0, 0.05) is 11.3 Å². The normalized spacial score (nSPS) is 12.6. The van der Waals surface area contributed by atoms with Crippen LogP contribution in [0.25, 0.3) is 16.9 Å². The highest BCUT2D eigenvalue weighted by molar-refractivity contribution is 5.96. The predicted octanol–water partition coefficient (Wildman–Crippen LogP) is 2.61. The van der Waals surface area contributed by atoms with Crippen LogP contribution < -0.4 is 9.47 Å². The Labute approximate surface area is 137 Å². The molecule has 1 aliphatic rings. The summed E-state index contributed by atoms with van der Waals surface area (Å²) < 4.78 is 17.4. The minimum absolute atomic E-state index is 0.222. The van der Waals surface area contributed by atoms with Gasteiger partial charge in [0.1, 0.15) is 5.56 Å². The Morgan fingerprint density at radius 3 is 2.96 bits per heavy atom. The number of benzene rings is 1. The Kier molecular flexibility index (Phi) is 3.34. The lowest BCUT2D eigenvalue weighted by atomic mass is 10.1. The molecule has 0 aliphatic carbocycles. The first-order valence-electron chi connectivity index (χ1n) is 7.60. The molecule has 1 aliphatic heterocycles. The van der Waals surface area contributed by atoms with Gasteiger partial charge in [0.05, 0.1) is 18.5 Å². The van der Waals surface area contributed by atoms with Crippen LogP contribution in [0.2, 0.25) is 0 Å². The Balaban J connectivity index is 1.84. The molecule has 3 heterocycles. The van der Waals surface area contributed by atoms with Gasteiger partial charge in [0.25, 0.3) is 0 Å². The minimum Gasteiger partial charge on any atom is -0.462 e. The van der Waals surface area contributed by atoms with Crippen molar-refractivity contribution < 1.29 is 19.0 Å². The van der Waals surface area contributed by atoms with Crippen LogP contribution in [0.5, 0.6) is 11.5 Å². The molecule has 1 aromatic carbocycles. The van der Waals surface area contributed by atoms with Crippen molar-refractivity contribution in [3.05, 3.63) is 41.7 Å². The zero-order valence-electron chi connectivity index (χ0n) is 13.3. The fraction of sp³-hybridized carbons (Fsp3) is 0.235. The number of carbonyl (C=O) groups is 1. The topological polar surface area (TPSA) is 75.0 Å². The van der Waals surface area contributed by atoms with Crippen LogP contribution in [0.1, 0.15) is 23.0 Å². The van der Waals surface area contributed by atoms with E-state index in [1.807, 2.05) is 31.2 Å². The third-order valence-corrected chi connectivity index (χ3v) is 3.81. The molecule has 122 valence electrons. The van der Waals surface area contributed by atoms with E-state index < -0.39 is 5.97 Å². The summed E-state index contributed by atoms with van der Waals surface area (Å²) in [6, 6.07) is 7.54. The van der Waals surface area contributed by atoms with Crippen LogP contribution in [0.3, 0.4) is 0 Å². The highest BCUT2D eigenvalue weighted by Crippen LogP contribution is 2.35. The van der Waals surface area contributed by atoms with Gasteiger partial charge in [-0.2, -0.15) is 5.10 Å². The number of hydrogen-bond donors (Lipinski definition) is 0. The molecule has 0 spiro atoms. The molecule has 0 atom stereocenters. The second-order valence-corrected chi connectivity index (χ2v) is 5.36. The first-order chi connectivity index (χ1) is 11.7. The largest absolute Gasteiger partial charge is 0.462 e. The first kappa shape index (κ1) is 14.5. The van der Waals surface area contributed by atoms with Crippen molar-refractivity contribution in [3.63, 3.8) is 0 Å². The maximum atomic E-state index is 12.1.